The lowest BCUT2D eigenvalue weighted by atomic mass is 9.81. The van der Waals surface area contributed by atoms with Crippen LogP contribution in [-0.2, 0) is 4.79 Å². The molecule has 3 aromatic rings. The van der Waals surface area contributed by atoms with Crippen molar-refractivity contribution in [2.75, 3.05) is 6.54 Å². The Morgan fingerprint density at radius 1 is 1.11 bits per heavy atom. The van der Waals surface area contributed by atoms with E-state index in [0.29, 0.717) is 12.6 Å². The van der Waals surface area contributed by atoms with Gasteiger partial charge in [0.15, 0.2) is 17.7 Å². The molecular weight excluding hydrogens is 608 g/mol. The predicted octanol–water partition coefficient (Wildman–Crippen LogP) is 5.72. The van der Waals surface area contributed by atoms with Crippen molar-refractivity contribution in [1.82, 2.24) is 30.9 Å². The number of imidazole rings is 1. The summed E-state index contributed by atoms with van der Waals surface area (Å²) >= 11 is 0. The first-order valence-electron chi connectivity index (χ1n) is 13.9. The highest BCUT2D eigenvalue weighted by Gasteiger charge is 2.42. The van der Waals surface area contributed by atoms with Crippen LogP contribution in [0.1, 0.15) is 90.9 Å². The average Bonchev–Trinajstić information content (AvgIpc) is 3.50. The van der Waals surface area contributed by atoms with E-state index in [-0.39, 0.29) is 35.8 Å². The molecule has 44 heavy (non-hydrogen) atoms. The van der Waals surface area contributed by atoms with Gasteiger partial charge in [0, 0.05) is 31.2 Å². The number of alkyl halides is 7. The Bertz CT molecular complexity index is 1510. The summed E-state index contributed by atoms with van der Waals surface area (Å²) < 4.78 is 116. The summed E-state index contributed by atoms with van der Waals surface area (Å²) in [5, 5.41) is 11.8. The van der Waals surface area contributed by atoms with Gasteiger partial charge in [0.25, 0.3) is 18.3 Å². The van der Waals surface area contributed by atoms with Gasteiger partial charge in [-0.25, -0.2) is 44.7 Å². The summed E-state index contributed by atoms with van der Waals surface area (Å²) in [7, 11) is 0. The highest BCUT2D eigenvalue weighted by atomic mass is 19.3. The Balaban J connectivity index is 1.50. The molecule has 2 aliphatic carbocycles. The van der Waals surface area contributed by atoms with E-state index in [1.54, 1.807) is 5.32 Å². The van der Waals surface area contributed by atoms with Gasteiger partial charge in [0.05, 0.1) is 18.1 Å². The zero-order valence-electron chi connectivity index (χ0n) is 23.2. The molecule has 2 aliphatic rings. The summed E-state index contributed by atoms with van der Waals surface area (Å²) in [6, 6.07) is 0.886. The number of nitrogens with one attached hydrogen (secondary N) is 3. The first kappa shape index (κ1) is 31.6. The first-order chi connectivity index (χ1) is 20.6. The van der Waals surface area contributed by atoms with Crippen molar-refractivity contribution in [3.05, 3.63) is 40.7 Å². The van der Waals surface area contributed by atoms with Crippen LogP contribution in [0.25, 0.3) is 11.0 Å². The molecular formula is C27H28F8N6O3. The van der Waals surface area contributed by atoms with Crippen molar-refractivity contribution in [3.63, 3.8) is 0 Å². The molecule has 2 amide bonds. The topological polar surface area (TPSA) is 126 Å². The van der Waals surface area contributed by atoms with Crippen LogP contribution in [0.2, 0.25) is 0 Å². The second-order valence-corrected chi connectivity index (χ2v) is 11.4. The molecule has 2 unspecified atom stereocenters. The summed E-state index contributed by atoms with van der Waals surface area (Å²) in [4.78, 5) is 32.8. The van der Waals surface area contributed by atoms with Crippen LogP contribution in [0.15, 0.2) is 16.8 Å². The van der Waals surface area contributed by atoms with E-state index >= 15 is 4.39 Å². The van der Waals surface area contributed by atoms with Crippen molar-refractivity contribution in [3.8, 4) is 0 Å². The largest absolute Gasteiger partial charge is 0.349 e. The summed E-state index contributed by atoms with van der Waals surface area (Å²) in [6.45, 7) is -0.866. The number of aromatic amines is 1. The number of hydrogen-bond acceptors (Lipinski definition) is 6. The fraction of sp³-hybridized carbons (Fsp3) is 0.593. The minimum absolute atomic E-state index is 0.0196. The Labute approximate surface area is 244 Å². The van der Waals surface area contributed by atoms with Crippen LogP contribution in [0, 0.1) is 11.7 Å². The second-order valence-electron chi connectivity index (χ2n) is 11.4. The highest BCUT2D eigenvalue weighted by molar-refractivity contribution is 5.93. The minimum Gasteiger partial charge on any atom is -0.349 e. The van der Waals surface area contributed by atoms with E-state index in [2.05, 4.69) is 25.6 Å². The molecule has 3 atom stereocenters. The van der Waals surface area contributed by atoms with Gasteiger partial charge in [-0.1, -0.05) is 11.2 Å². The third-order valence-corrected chi connectivity index (χ3v) is 7.90. The molecule has 17 heteroatoms. The number of carbonyl (C=O) groups excluding carboxylic acids is 2. The van der Waals surface area contributed by atoms with Crippen LogP contribution in [-0.4, -0.2) is 63.1 Å². The monoisotopic (exact) mass is 636 g/mol. The molecule has 0 bridgehead atoms. The number of carbonyl (C=O) groups is 2. The lowest BCUT2D eigenvalue weighted by Crippen LogP contribution is -2.41. The quantitative estimate of drug-likeness (QED) is 0.232. The third-order valence-electron chi connectivity index (χ3n) is 7.90. The van der Waals surface area contributed by atoms with Crippen molar-refractivity contribution in [1.29, 1.82) is 0 Å². The van der Waals surface area contributed by atoms with Crippen LogP contribution >= 0.6 is 0 Å². The van der Waals surface area contributed by atoms with E-state index in [1.807, 2.05) is 0 Å². The summed E-state index contributed by atoms with van der Waals surface area (Å²) in [6.07, 6.45) is -6.53. The van der Waals surface area contributed by atoms with Gasteiger partial charge in [-0.15, -0.1) is 0 Å². The van der Waals surface area contributed by atoms with Gasteiger partial charge < -0.3 is 15.6 Å². The molecule has 9 nitrogen and oxygen atoms in total. The molecule has 2 aromatic heterocycles. The number of amides is 2. The predicted molar refractivity (Wildman–Crippen MR) is 137 cm³/mol. The molecule has 2 heterocycles. The van der Waals surface area contributed by atoms with Gasteiger partial charge in [-0.05, 0) is 42.8 Å². The summed E-state index contributed by atoms with van der Waals surface area (Å²) in [5.41, 5.74) is -1.20. The Morgan fingerprint density at radius 3 is 2.41 bits per heavy atom. The van der Waals surface area contributed by atoms with E-state index in [4.69, 9.17) is 4.63 Å². The maximum Gasteiger partial charge on any atom is 0.276 e. The number of hydrogen-bond donors (Lipinski definition) is 3. The third kappa shape index (κ3) is 6.80. The number of fused-ring (bicyclic) bond motifs is 1. The van der Waals surface area contributed by atoms with Crippen molar-refractivity contribution in [2.45, 2.75) is 87.8 Å². The van der Waals surface area contributed by atoms with Gasteiger partial charge >= 0.3 is 0 Å². The minimum atomic E-state index is -3.76. The molecule has 2 saturated carbocycles. The first-order valence-corrected chi connectivity index (χ1v) is 13.9. The number of benzene rings is 1. The standard InChI is InChI=1S/C27H28F8N6O3/c1-26(32,33)10-36-24(42)15(17(29)22(30)31)13-4-5-14-20(16(13)28)38-23(37-14)19(12-6-8-27(34,35)9-7-12)39-25(43)21-18(11-2-3-11)40-44-41-21/h4-5,11-12,15,17,19,22H,2-3,6-10H2,1H3,(H,36,42)(H,37,38)(H,39,43)/t15?,17?,19-/m0/s1. The zero-order valence-corrected chi connectivity index (χ0v) is 23.2. The van der Waals surface area contributed by atoms with Crippen molar-refractivity contribution >= 4 is 22.8 Å². The van der Waals surface area contributed by atoms with Gasteiger partial charge in [-0.3, -0.25) is 9.59 Å². The normalized spacial score (nSPS) is 19.6. The second kappa shape index (κ2) is 12.0. The van der Waals surface area contributed by atoms with Crippen LogP contribution < -0.4 is 10.6 Å². The fourth-order valence-electron chi connectivity index (χ4n) is 5.41. The smallest absolute Gasteiger partial charge is 0.276 e. The lowest BCUT2D eigenvalue weighted by molar-refractivity contribution is -0.127. The van der Waals surface area contributed by atoms with Crippen LogP contribution in [0.5, 0.6) is 0 Å². The lowest BCUT2D eigenvalue weighted by Gasteiger charge is -2.33. The number of halogens is 8. The Morgan fingerprint density at radius 2 is 1.80 bits per heavy atom. The highest BCUT2D eigenvalue weighted by Crippen LogP contribution is 2.43. The van der Waals surface area contributed by atoms with Crippen molar-refractivity contribution in [2.24, 2.45) is 5.92 Å². The maximum absolute atomic E-state index is 15.8. The van der Waals surface area contributed by atoms with Crippen molar-refractivity contribution < 1.29 is 49.3 Å². The van der Waals surface area contributed by atoms with Gasteiger partial charge in [-0.2, -0.15) is 0 Å². The summed E-state index contributed by atoms with van der Waals surface area (Å²) in [5.74, 6) is -13.3. The molecule has 3 N–H and O–H groups in total. The van der Waals surface area contributed by atoms with E-state index in [9.17, 15) is 40.3 Å². The van der Waals surface area contributed by atoms with Gasteiger partial charge in [0.2, 0.25) is 11.8 Å². The molecule has 5 rings (SSSR count). The molecule has 0 spiro atoms. The molecule has 2 fully saturated rings. The zero-order chi connectivity index (χ0) is 32.0. The maximum atomic E-state index is 15.8. The number of H-pyrrole nitrogens is 1. The molecule has 0 aliphatic heterocycles. The molecule has 0 radical (unpaired) electrons. The fourth-order valence-corrected chi connectivity index (χ4v) is 5.41. The molecule has 0 saturated heterocycles. The van der Waals surface area contributed by atoms with Crippen LogP contribution in [0.3, 0.4) is 0 Å². The number of nitrogens with zero attached hydrogens (tertiary/aromatic N) is 3. The van der Waals surface area contributed by atoms with Gasteiger partial charge in [0.1, 0.15) is 23.0 Å². The average molecular weight is 637 g/mol. The Kier molecular flexibility index (Phi) is 8.59. The number of rotatable bonds is 11. The Hall–Kier alpha value is -3.79. The number of aromatic nitrogens is 4. The van der Waals surface area contributed by atoms with Crippen LogP contribution in [0.4, 0.5) is 35.1 Å². The van der Waals surface area contributed by atoms with E-state index in [1.165, 1.54) is 0 Å². The SMILES string of the molecule is CC(F)(F)CNC(=O)C(c1ccc2[nH]c([C@@H](NC(=O)c3nonc3C3CC3)C3CCC(F)(F)CC3)nc2c1F)C(F)C(F)F. The molecule has 240 valence electrons. The van der Waals surface area contributed by atoms with E-state index in [0.717, 1.165) is 25.0 Å². The molecule has 1 aromatic carbocycles. The van der Waals surface area contributed by atoms with E-state index < -0.39 is 90.4 Å².